The second kappa shape index (κ2) is 6.24. The summed E-state index contributed by atoms with van der Waals surface area (Å²) in [5.74, 6) is 0.160. The van der Waals surface area contributed by atoms with Crippen LogP contribution in [-0.4, -0.2) is 0 Å². The van der Waals surface area contributed by atoms with Crippen LogP contribution in [0.15, 0.2) is 36.4 Å². The number of ether oxygens (including phenoxy) is 1. The van der Waals surface area contributed by atoms with E-state index in [0.29, 0.717) is 26.9 Å². The van der Waals surface area contributed by atoms with Crippen molar-refractivity contribution in [2.24, 2.45) is 5.73 Å². The van der Waals surface area contributed by atoms with Gasteiger partial charge in [-0.15, -0.1) is 0 Å². The molecule has 0 amide bonds. The van der Waals surface area contributed by atoms with Gasteiger partial charge in [0.1, 0.15) is 18.2 Å². The molecule has 0 atom stereocenters. The maximum absolute atomic E-state index is 13.6. The number of halogens is 3. The van der Waals surface area contributed by atoms with Crippen molar-refractivity contribution >= 4 is 23.2 Å². The molecule has 2 rings (SSSR count). The highest BCUT2D eigenvalue weighted by Crippen LogP contribution is 2.27. The molecule has 5 heteroatoms. The molecule has 2 aromatic carbocycles. The minimum Gasteiger partial charge on any atom is -0.488 e. The molecule has 2 nitrogen and oxygen atoms in total. The molecule has 100 valence electrons. The van der Waals surface area contributed by atoms with Crippen LogP contribution in [0, 0.1) is 5.82 Å². The summed E-state index contributed by atoms with van der Waals surface area (Å²) in [6.07, 6.45) is 0. The van der Waals surface area contributed by atoms with Crippen LogP contribution in [0.1, 0.15) is 11.1 Å². The van der Waals surface area contributed by atoms with Gasteiger partial charge in [0.2, 0.25) is 0 Å². The maximum Gasteiger partial charge on any atom is 0.131 e. The Morgan fingerprint density at radius 3 is 2.63 bits per heavy atom. The number of hydrogen-bond donors (Lipinski definition) is 1. The zero-order valence-electron chi connectivity index (χ0n) is 10.00. The Morgan fingerprint density at radius 1 is 1.16 bits per heavy atom. The van der Waals surface area contributed by atoms with Gasteiger partial charge in [-0.05, 0) is 24.3 Å². The topological polar surface area (TPSA) is 35.2 Å². The zero-order chi connectivity index (χ0) is 13.8. The molecule has 0 spiro atoms. The van der Waals surface area contributed by atoms with E-state index in [0.717, 1.165) is 0 Å². The van der Waals surface area contributed by atoms with Crippen molar-refractivity contribution in [2.75, 3.05) is 0 Å². The summed E-state index contributed by atoms with van der Waals surface area (Å²) in [5, 5.41) is 0.892. The van der Waals surface area contributed by atoms with Gasteiger partial charge in [0.15, 0.2) is 0 Å². The summed E-state index contributed by atoms with van der Waals surface area (Å²) in [6.45, 7) is 0.356. The largest absolute Gasteiger partial charge is 0.488 e. The normalized spacial score (nSPS) is 10.5. The minimum atomic E-state index is -0.399. The molecule has 0 aliphatic heterocycles. The summed E-state index contributed by atoms with van der Waals surface area (Å²) in [4.78, 5) is 0. The van der Waals surface area contributed by atoms with Gasteiger partial charge < -0.3 is 10.5 Å². The Bertz CT molecular complexity index is 590. The summed E-state index contributed by atoms with van der Waals surface area (Å²) in [6, 6.07) is 9.70. The molecular formula is C14H12Cl2FNO. The zero-order valence-corrected chi connectivity index (χ0v) is 11.5. The molecule has 0 fully saturated rings. The van der Waals surface area contributed by atoms with Crippen molar-refractivity contribution in [3.05, 3.63) is 63.4 Å². The number of benzene rings is 2. The maximum atomic E-state index is 13.6. The van der Waals surface area contributed by atoms with E-state index in [1.54, 1.807) is 30.3 Å². The van der Waals surface area contributed by atoms with E-state index < -0.39 is 5.82 Å². The van der Waals surface area contributed by atoms with Crippen LogP contribution in [-0.2, 0) is 13.2 Å². The van der Waals surface area contributed by atoms with Gasteiger partial charge in [-0.2, -0.15) is 0 Å². The lowest BCUT2D eigenvalue weighted by molar-refractivity contribution is 0.297. The number of nitrogens with two attached hydrogens (primary N) is 1. The smallest absolute Gasteiger partial charge is 0.131 e. The fourth-order valence-corrected chi connectivity index (χ4v) is 2.07. The van der Waals surface area contributed by atoms with E-state index in [9.17, 15) is 4.39 Å². The quantitative estimate of drug-likeness (QED) is 0.919. The highest BCUT2D eigenvalue weighted by Gasteiger charge is 2.08. The average molecular weight is 300 g/mol. The molecule has 0 saturated heterocycles. The van der Waals surface area contributed by atoms with Crippen molar-refractivity contribution in [3.8, 4) is 5.75 Å². The van der Waals surface area contributed by atoms with E-state index in [1.165, 1.54) is 6.07 Å². The van der Waals surface area contributed by atoms with Crippen LogP contribution in [0.5, 0.6) is 5.75 Å². The first-order chi connectivity index (χ1) is 9.11. The highest BCUT2D eigenvalue weighted by molar-refractivity contribution is 6.31. The third-order valence-corrected chi connectivity index (χ3v) is 3.27. The van der Waals surface area contributed by atoms with E-state index in [-0.39, 0.29) is 13.2 Å². The Hall–Kier alpha value is -1.29. The molecule has 2 aromatic rings. The van der Waals surface area contributed by atoms with Crippen molar-refractivity contribution in [2.45, 2.75) is 13.2 Å². The van der Waals surface area contributed by atoms with Crippen LogP contribution in [0.2, 0.25) is 10.0 Å². The third kappa shape index (κ3) is 3.38. The van der Waals surface area contributed by atoms with Crippen LogP contribution < -0.4 is 10.5 Å². The fourth-order valence-electron chi connectivity index (χ4n) is 1.67. The van der Waals surface area contributed by atoms with Crippen molar-refractivity contribution in [1.29, 1.82) is 0 Å². The predicted octanol–water partition coefficient (Wildman–Crippen LogP) is 4.17. The highest BCUT2D eigenvalue weighted by atomic mass is 35.5. The first-order valence-electron chi connectivity index (χ1n) is 5.66. The Balaban J connectivity index is 2.17. The second-order valence-electron chi connectivity index (χ2n) is 3.95. The monoisotopic (exact) mass is 299 g/mol. The molecule has 0 heterocycles. The number of hydrogen-bond acceptors (Lipinski definition) is 2. The van der Waals surface area contributed by atoms with Crippen LogP contribution in [0.3, 0.4) is 0 Å². The summed E-state index contributed by atoms with van der Waals surface area (Å²) in [7, 11) is 0. The molecule has 0 bridgehead atoms. The molecule has 0 aromatic heterocycles. The SMILES string of the molecule is NCc1c(Cl)cccc1OCc1ccc(Cl)cc1F. The molecule has 2 N–H and O–H groups in total. The first kappa shape index (κ1) is 14.1. The van der Waals surface area contributed by atoms with E-state index in [1.807, 2.05) is 0 Å². The van der Waals surface area contributed by atoms with Gasteiger partial charge in [-0.25, -0.2) is 4.39 Å². The lowest BCUT2D eigenvalue weighted by Gasteiger charge is -2.12. The van der Waals surface area contributed by atoms with Crippen molar-refractivity contribution in [1.82, 2.24) is 0 Å². The summed E-state index contributed by atoms with van der Waals surface area (Å²) in [5.41, 5.74) is 6.74. The lowest BCUT2D eigenvalue weighted by atomic mass is 10.2. The second-order valence-corrected chi connectivity index (χ2v) is 4.79. The molecular weight excluding hydrogens is 288 g/mol. The van der Waals surface area contributed by atoms with Crippen molar-refractivity contribution in [3.63, 3.8) is 0 Å². The molecule has 0 aliphatic rings. The Kier molecular flexibility index (Phi) is 4.64. The van der Waals surface area contributed by atoms with Gasteiger partial charge >= 0.3 is 0 Å². The minimum absolute atomic E-state index is 0.0936. The lowest BCUT2D eigenvalue weighted by Crippen LogP contribution is -2.04. The van der Waals surface area contributed by atoms with Gasteiger partial charge in [0.25, 0.3) is 0 Å². The number of rotatable bonds is 4. The molecule has 0 radical (unpaired) electrons. The van der Waals surface area contributed by atoms with Crippen LogP contribution in [0.4, 0.5) is 4.39 Å². The molecule has 0 unspecified atom stereocenters. The van der Waals surface area contributed by atoms with Gasteiger partial charge in [0, 0.05) is 27.7 Å². The fraction of sp³-hybridized carbons (Fsp3) is 0.143. The first-order valence-corrected chi connectivity index (χ1v) is 6.41. The Labute approximate surface area is 120 Å². The Morgan fingerprint density at radius 2 is 1.95 bits per heavy atom. The van der Waals surface area contributed by atoms with Crippen molar-refractivity contribution < 1.29 is 9.13 Å². The van der Waals surface area contributed by atoms with Crippen LogP contribution in [0.25, 0.3) is 0 Å². The van der Waals surface area contributed by atoms with E-state index in [4.69, 9.17) is 33.7 Å². The molecule has 0 aliphatic carbocycles. The average Bonchev–Trinajstić information content (AvgIpc) is 2.38. The standard InChI is InChI=1S/C14H12Cl2FNO/c15-10-5-4-9(13(17)6-10)8-19-14-3-1-2-12(16)11(14)7-18/h1-6H,7-8,18H2. The molecule has 19 heavy (non-hydrogen) atoms. The summed E-state index contributed by atoms with van der Waals surface area (Å²) < 4.78 is 19.2. The van der Waals surface area contributed by atoms with Gasteiger partial charge in [-0.1, -0.05) is 35.3 Å². The van der Waals surface area contributed by atoms with Gasteiger partial charge in [0.05, 0.1) is 0 Å². The van der Waals surface area contributed by atoms with E-state index in [2.05, 4.69) is 0 Å². The third-order valence-electron chi connectivity index (χ3n) is 2.68. The van der Waals surface area contributed by atoms with E-state index >= 15 is 0 Å². The van der Waals surface area contributed by atoms with Gasteiger partial charge in [-0.3, -0.25) is 0 Å². The van der Waals surface area contributed by atoms with Crippen LogP contribution >= 0.6 is 23.2 Å². The summed E-state index contributed by atoms with van der Waals surface area (Å²) >= 11 is 11.7. The predicted molar refractivity (Wildman–Crippen MR) is 75.1 cm³/mol. The molecule has 0 saturated carbocycles.